The Morgan fingerprint density at radius 3 is 2.88 bits per heavy atom. The van der Waals surface area contributed by atoms with Crippen LogP contribution in [-0.4, -0.2) is 39.9 Å². The Morgan fingerprint density at radius 2 is 2.15 bits per heavy atom. The Balaban J connectivity index is 1.75. The van der Waals surface area contributed by atoms with Gasteiger partial charge in [0.2, 0.25) is 5.95 Å². The molecule has 5 N–H and O–H groups in total. The molecule has 0 saturated heterocycles. The van der Waals surface area contributed by atoms with Gasteiger partial charge in [0, 0.05) is 6.20 Å². The normalized spacial score (nSPS) is 12.2. The third kappa shape index (κ3) is 3.37. The fourth-order valence-electron chi connectivity index (χ4n) is 3.72. The summed E-state index contributed by atoms with van der Waals surface area (Å²) in [7, 11) is 0. The highest BCUT2D eigenvalue weighted by Crippen LogP contribution is 2.31. The topological polar surface area (TPSA) is 180 Å². The van der Waals surface area contributed by atoms with Crippen molar-refractivity contribution in [2.24, 2.45) is 0 Å². The summed E-state index contributed by atoms with van der Waals surface area (Å²) in [6.45, 7) is 1.95. The van der Waals surface area contributed by atoms with Gasteiger partial charge >= 0.3 is 0 Å². The number of fused-ring (bicyclic) bond motifs is 2. The minimum Gasteiger partial charge on any atom is -0.368 e. The van der Waals surface area contributed by atoms with Gasteiger partial charge in [-0.25, -0.2) is 4.98 Å². The number of benzene rings is 1. The van der Waals surface area contributed by atoms with Gasteiger partial charge in [0.05, 0.1) is 39.8 Å². The Bertz CT molecular complexity index is 1600. The quantitative estimate of drug-likeness (QED) is 0.279. The minimum atomic E-state index is -0.456. The molecule has 4 heterocycles. The van der Waals surface area contributed by atoms with Crippen molar-refractivity contribution in [2.45, 2.75) is 19.4 Å². The molecule has 0 bridgehead atoms. The molecule has 5 aromatic rings. The molecule has 0 fully saturated rings. The number of hydrogen-bond donors (Lipinski definition) is 4. The number of nitrogen functional groups attached to an aromatic ring is 1. The van der Waals surface area contributed by atoms with E-state index in [-0.39, 0.29) is 22.5 Å². The molecule has 12 nitrogen and oxygen atoms in total. The van der Waals surface area contributed by atoms with Crippen molar-refractivity contribution in [3.05, 3.63) is 56.9 Å². The lowest BCUT2D eigenvalue weighted by atomic mass is 10.1. The van der Waals surface area contributed by atoms with Crippen molar-refractivity contribution < 1.29 is 0 Å². The van der Waals surface area contributed by atoms with Crippen molar-refractivity contribution in [2.75, 3.05) is 11.1 Å². The first kappa shape index (κ1) is 20.6. The largest absolute Gasteiger partial charge is 0.368 e. The van der Waals surface area contributed by atoms with E-state index in [2.05, 4.69) is 57.7 Å². The van der Waals surface area contributed by atoms with E-state index in [1.807, 2.05) is 6.92 Å². The molecule has 0 spiro atoms. The number of H-pyrrole nitrogens is 2. The van der Waals surface area contributed by atoms with E-state index in [4.69, 9.17) is 10.7 Å². The van der Waals surface area contributed by atoms with Gasteiger partial charge in [-0.05, 0) is 34.5 Å². The molecule has 164 valence electrons. The van der Waals surface area contributed by atoms with Crippen LogP contribution in [0.5, 0.6) is 0 Å². The van der Waals surface area contributed by atoms with E-state index >= 15 is 0 Å². The molecule has 0 aliphatic rings. The van der Waals surface area contributed by atoms with Crippen LogP contribution in [0.2, 0.25) is 0 Å². The van der Waals surface area contributed by atoms with Crippen molar-refractivity contribution in [3.63, 3.8) is 0 Å². The lowest BCUT2D eigenvalue weighted by Crippen LogP contribution is -2.28. The van der Waals surface area contributed by atoms with Crippen LogP contribution >= 0.6 is 15.9 Å². The maximum Gasteiger partial charge on any atom is 0.267 e. The van der Waals surface area contributed by atoms with Gasteiger partial charge in [-0.3, -0.25) is 19.6 Å². The lowest BCUT2D eigenvalue weighted by molar-refractivity contribution is 0.659. The van der Waals surface area contributed by atoms with Crippen LogP contribution in [0.1, 0.15) is 30.8 Å². The zero-order valence-corrected chi connectivity index (χ0v) is 18.8. The third-order valence-corrected chi connectivity index (χ3v) is 5.78. The highest BCUT2D eigenvalue weighted by Gasteiger charge is 2.24. The smallest absolute Gasteiger partial charge is 0.267 e. The van der Waals surface area contributed by atoms with E-state index in [1.165, 1.54) is 10.8 Å². The number of aromatic nitrogens is 8. The Kier molecular flexibility index (Phi) is 4.98. The molecule has 33 heavy (non-hydrogen) atoms. The molecule has 0 amide bonds. The maximum atomic E-state index is 13.6. The van der Waals surface area contributed by atoms with E-state index in [1.54, 1.807) is 24.4 Å². The highest BCUT2D eigenvalue weighted by molar-refractivity contribution is 9.10. The Labute approximate surface area is 194 Å². The molecule has 13 heteroatoms. The van der Waals surface area contributed by atoms with Crippen LogP contribution in [0.3, 0.4) is 0 Å². The number of anilines is 2. The van der Waals surface area contributed by atoms with Gasteiger partial charge in [0.15, 0.2) is 5.65 Å². The van der Waals surface area contributed by atoms with Gasteiger partial charge < -0.3 is 11.1 Å². The van der Waals surface area contributed by atoms with Crippen LogP contribution in [0, 0.1) is 11.3 Å². The number of nitriles is 1. The average molecular weight is 506 g/mol. The summed E-state index contributed by atoms with van der Waals surface area (Å²) in [5.74, 6) is 0.925. The standard InChI is InChI=1S/C20H16BrN11O/c1-2-11(26-16-14-15(21)30-31-17(14)29-20(23)28-16)18-27-12-5-3-4-9(6-22)13(12)19(33)32(18)10-7-24-25-8-10/h3-5,7-8,11H,2H2,1H3,(H,24,25)(H4,23,26,28,29,30,31)/t11-/m0/s1. The molecule has 1 aromatic carbocycles. The second-order valence-electron chi connectivity index (χ2n) is 7.15. The third-order valence-electron chi connectivity index (χ3n) is 5.21. The number of nitrogens with two attached hydrogens (primary N) is 1. The Hall–Kier alpha value is -4.31. The molecule has 5 rings (SSSR count). The van der Waals surface area contributed by atoms with E-state index in [0.29, 0.717) is 44.9 Å². The maximum absolute atomic E-state index is 13.6. The van der Waals surface area contributed by atoms with Crippen LogP contribution in [0.25, 0.3) is 27.6 Å². The number of nitrogens with zero attached hydrogens (tertiary/aromatic N) is 7. The van der Waals surface area contributed by atoms with Gasteiger partial charge in [-0.1, -0.05) is 13.0 Å². The van der Waals surface area contributed by atoms with Crippen LogP contribution < -0.4 is 16.6 Å². The summed E-state index contributed by atoms with van der Waals surface area (Å²) >= 11 is 3.40. The number of halogens is 1. The summed E-state index contributed by atoms with van der Waals surface area (Å²) in [6, 6.07) is 6.62. The van der Waals surface area contributed by atoms with E-state index < -0.39 is 6.04 Å². The summed E-state index contributed by atoms with van der Waals surface area (Å²) < 4.78 is 1.97. The van der Waals surface area contributed by atoms with Crippen molar-refractivity contribution in [1.29, 1.82) is 5.26 Å². The molecule has 4 aromatic heterocycles. The summed E-state index contributed by atoms with van der Waals surface area (Å²) in [5.41, 5.74) is 7.15. The van der Waals surface area contributed by atoms with Crippen LogP contribution in [0.4, 0.5) is 11.8 Å². The molecule has 0 aliphatic carbocycles. The second-order valence-corrected chi connectivity index (χ2v) is 7.90. The average Bonchev–Trinajstić information content (AvgIpc) is 3.47. The molecule has 0 unspecified atom stereocenters. The van der Waals surface area contributed by atoms with Crippen molar-refractivity contribution >= 4 is 49.6 Å². The summed E-state index contributed by atoms with van der Waals surface area (Å²) in [5, 5.41) is 27.3. The summed E-state index contributed by atoms with van der Waals surface area (Å²) in [6.07, 6.45) is 3.66. The Morgan fingerprint density at radius 1 is 1.30 bits per heavy atom. The minimum absolute atomic E-state index is 0.0633. The predicted octanol–water partition coefficient (Wildman–Crippen LogP) is 2.55. The number of nitrogens with one attached hydrogen (secondary N) is 3. The zero-order valence-electron chi connectivity index (χ0n) is 17.2. The fraction of sp³-hybridized carbons (Fsp3) is 0.150. The van der Waals surface area contributed by atoms with Crippen LogP contribution in [-0.2, 0) is 0 Å². The number of hydrogen-bond acceptors (Lipinski definition) is 9. The molecule has 0 aliphatic heterocycles. The van der Waals surface area contributed by atoms with E-state index in [9.17, 15) is 10.1 Å². The van der Waals surface area contributed by atoms with Crippen molar-refractivity contribution in [3.8, 4) is 11.8 Å². The van der Waals surface area contributed by atoms with E-state index in [0.717, 1.165) is 0 Å². The van der Waals surface area contributed by atoms with Gasteiger partial charge in [0.25, 0.3) is 5.56 Å². The number of rotatable bonds is 5. The molecule has 0 radical (unpaired) electrons. The molecular weight excluding hydrogens is 490 g/mol. The fourth-order valence-corrected chi connectivity index (χ4v) is 4.19. The van der Waals surface area contributed by atoms with Gasteiger partial charge in [-0.15, -0.1) is 0 Å². The van der Waals surface area contributed by atoms with Crippen LogP contribution in [0.15, 0.2) is 40.0 Å². The monoisotopic (exact) mass is 505 g/mol. The second kappa shape index (κ2) is 7.99. The summed E-state index contributed by atoms with van der Waals surface area (Å²) in [4.78, 5) is 26.9. The lowest BCUT2D eigenvalue weighted by Gasteiger charge is -2.22. The zero-order chi connectivity index (χ0) is 23.1. The van der Waals surface area contributed by atoms with Gasteiger partial charge in [0.1, 0.15) is 22.3 Å². The molecule has 0 saturated carbocycles. The van der Waals surface area contributed by atoms with Crippen molar-refractivity contribution in [1.82, 2.24) is 39.9 Å². The highest BCUT2D eigenvalue weighted by atomic mass is 79.9. The first-order chi connectivity index (χ1) is 16.0. The molecular formula is C20H16BrN11O. The predicted molar refractivity (Wildman–Crippen MR) is 125 cm³/mol. The first-order valence-electron chi connectivity index (χ1n) is 9.90. The first-order valence-corrected chi connectivity index (χ1v) is 10.7. The SMILES string of the molecule is CC[C@H](Nc1nc(N)nc2[nH]nc(Br)c12)c1nc2cccc(C#N)c2c(=O)n1-c1cn[nH]c1. The molecule has 1 atom stereocenters. The number of aromatic amines is 2. The van der Waals surface area contributed by atoms with Gasteiger partial charge in [-0.2, -0.15) is 25.4 Å².